The molecule has 4 aliphatic rings. The molecule has 1 saturated carbocycles. The molecule has 0 aromatic heterocycles. The summed E-state index contributed by atoms with van der Waals surface area (Å²) in [6.45, 7) is 0. The van der Waals surface area contributed by atoms with E-state index in [2.05, 4.69) is 72.8 Å². The van der Waals surface area contributed by atoms with Crippen LogP contribution in [0.4, 0.5) is 0 Å². The topological polar surface area (TPSA) is 0 Å². The summed E-state index contributed by atoms with van der Waals surface area (Å²) in [6.07, 6.45) is 7.47. The molecule has 0 heterocycles. The molecule has 0 atom stereocenters. The maximum atomic E-state index is 2.45. The van der Waals surface area contributed by atoms with Crippen LogP contribution in [-0.2, 0) is 18.3 Å². The van der Waals surface area contributed by atoms with Crippen LogP contribution in [0.3, 0.4) is 0 Å². The van der Waals surface area contributed by atoms with Crippen molar-refractivity contribution in [2.24, 2.45) is 0 Å². The van der Waals surface area contributed by atoms with Crippen LogP contribution in [0, 0.1) is 0 Å². The van der Waals surface area contributed by atoms with E-state index in [0.29, 0.717) is 0 Å². The summed E-state index contributed by atoms with van der Waals surface area (Å²) in [5, 5.41) is 0. The van der Waals surface area contributed by atoms with Crippen LogP contribution in [0.15, 0.2) is 72.8 Å². The molecule has 0 unspecified atom stereocenters. The van der Waals surface area contributed by atoms with E-state index in [-0.39, 0.29) is 5.41 Å². The van der Waals surface area contributed by atoms with Gasteiger partial charge in [-0.05, 0) is 92.4 Å². The quantitative estimate of drug-likeness (QED) is 0.247. The van der Waals surface area contributed by atoms with Crippen molar-refractivity contribution in [3.05, 3.63) is 106 Å². The van der Waals surface area contributed by atoms with Crippen LogP contribution in [0.2, 0.25) is 0 Å². The standard InChI is InChI=1S/C31H24/c1-3-11-21-19(9-1)17-25-27(21)24-18-20-10-2-4-12-22(20)28(24)30-29(25)23-13-5-6-14-26(23)31(30)15-7-8-16-31/h1-6,9-14H,7-8,15-18H2. The van der Waals surface area contributed by atoms with Crippen molar-refractivity contribution < 1.29 is 0 Å². The minimum absolute atomic E-state index is 0.220. The van der Waals surface area contributed by atoms with Gasteiger partial charge in [-0.1, -0.05) is 85.6 Å². The second kappa shape index (κ2) is 5.56. The lowest BCUT2D eigenvalue weighted by atomic mass is 9.73. The van der Waals surface area contributed by atoms with Gasteiger partial charge in [-0.15, -0.1) is 0 Å². The van der Waals surface area contributed by atoms with Gasteiger partial charge in [-0.3, -0.25) is 0 Å². The predicted octanol–water partition coefficient (Wildman–Crippen LogP) is 7.67. The second-order valence-electron chi connectivity index (χ2n) is 9.96. The summed E-state index contributed by atoms with van der Waals surface area (Å²) >= 11 is 0. The van der Waals surface area contributed by atoms with Gasteiger partial charge in [0.2, 0.25) is 0 Å². The van der Waals surface area contributed by atoms with Gasteiger partial charge in [0.15, 0.2) is 0 Å². The smallest absolute Gasteiger partial charge is 0.0221 e. The van der Waals surface area contributed by atoms with Gasteiger partial charge < -0.3 is 0 Å². The number of hydrogen-bond donors (Lipinski definition) is 0. The first-order valence-corrected chi connectivity index (χ1v) is 11.9. The summed E-state index contributed by atoms with van der Waals surface area (Å²) in [4.78, 5) is 0. The van der Waals surface area contributed by atoms with Gasteiger partial charge in [-0.25, -0.2) is 0 Å². The van der Waals surface area contributed by atoms with E-state index in [1.807, 2.05) is 0 Å². The summed E-state index contributed by atoms with van der Waals surface area (Å²) in [7, 11) is 0. The first kappa shape index (κ1) is 16.6. The summed E-state index contributed by atoms with van der Waals surface area (Å²) in [5.74, 6) is 0. The van der Waals surface area contributed by atoms with E-state index >= 15 is 0 Å². The molecule has 4 aromatic carbocycles. The molecule has 8 rings (SSSR count). The maximum Gasteiger partial charge on any atom is 0.0221 e. The minimum Gasteiger partial charge on any atom is -0.0619 e. The zero-order valence-electron chi connectivity index (χ0n) is 17.7. The van der Waals surface area contributed by atoms with Gasteiger partial charge in [0.25, 0.3) is 0 Å². The van der Waals surface area contributed by atoms with E-state index in [4.69, 9.17) is 0 Å². The molecule has 0 aliphatic heterocycles. The predicted molar refractivity (Wildman–Crippen MR) is 128 cm³/mol. The Morgan fingerprint density at radius 3 is 1.71 bits per heavy atom. The van der Waals surface area contributed by atoms with Crippen molar-refractivity contribution in [1.29, 1.82) is 0 Å². The molecular formula is C31H24. The van der Waals surface area contributed by atoms with Crippen LogP contribution in [-0.4, -0.2) is 0 Å². The fraction of sp³-hybridized carbons (Fsp3) is 0.226. The average molecular weight is 397 g/mol. The Morgan fingerprint density at radius 2 is 1.03 bits per heavy atom. The Kier molecular flexibility index (Phi) is 2.97. The lowest BCUT2D eigenvalue weighted by Crippen LogP contribution is -2.22. The molecule has 0 heteroatoms. The van der Waals surface area contributed by atoms with Crippen molar-refractivity contribution in [3.63, 3.8) is 0 Å². The summed E-state index contributed by atoms with van der Waals surface area (Å²) in [6, 6.07) is 27.8. The molecule has 0 radical (unpaired) electrons. The van der Waals surface area contributed by atoms with E-state index in [9.17, 15) is 0 Å². The Morgan fingerprint density at radius 1 is 0.516 bits per heavy atom. The molecule has 0 N–H and O–H groups in total. The molecule has 1 spiro atoms. The Labute approximate surface area is 183 Å². The first-order chi connectivity index (χ1) is 15.4. The van der Waals surface area contributed by atoms with Crippen LogP contribution >= 0.6 is 0 Å². The van der Waals surface area contributed by atoms with Gasteiger partial charge in [0.1, 0.15) is 0 Å². The normalized spacial score (nSPS) is 17.8. The third-order valence-electron chi connectivity index (χ3n) is 8.66. The van der Waals surface area contributed by atoms with Crippen molar-refractivity contribution in [2.45, 2.75) is 43.9 Å². The lowest BCUT2D eigenvalue weighted by Gasteiger charge is -2.30. The average Bonchev–Trinajstić information content (AvgIpc) is 3.57. The van der Waals surface area contributed by atoms with Crippen LogP contribution in [0.5, 0.6) is 0 Å². The molecule has 4 aliphatic carbocycles. The van der Waals surface area contributed by atoms with E-state index in [1.54, 1.807) is 38.9 Å². The fourth-order valence-corrected chi connectivity index (χ4v) is 7.58. The Balaban J connectivity index is 1.59. The van der Waals surface area contributed by atoms with Crippen molar-refractivity contribution in [1.82, 2.24) is 0 Å². The molecule has 0 saturated heterocycles. The lowest BCUT2D eigenvalue weighted by molar-refractivity contribution is 0.551. The van der Waals surface area contributed by atoms with Crippen molar-refractivity contribution in [2.75, 3.05) is 0 Å². The van der Waals surface area contributed by atoms with E-state index in [0.717, 1.165) is 12.8 Å². The van der Waals surface area contributed by atoms with Gasteiger partial charge in [0.05, 0.1) is 0 Å². The summed E-state index contributed by atoms with van der Waals surface area (Å²) < 4.78 is 0. The Hall–Kier alpha value is -3.12. The highest BCUT2D eigenvalue weighted by Gasteiger charge is 2.50. The van der Waals surface area contributed by atoms with Crippen LogP contribution in [0.25, 0.3) is 33.4 Å². The molecule has 0 amide bonds. The van der Waals surface area contributed by atoms with Gasteiger partial charge in [0, 0.05) is 5.41 Å². The Bertz CT molecular complexity index is 1410. The number of benzene rings is 4. The highest BCUT2D eigenvalue weighted by atomic mass is 14.5. The molecule has 0 nitrogen and oxygen atoms in total. The van der Waals surface area contributed by atoms with E-state index in [1.165, 1.54) is 53.5 Å². The molecule has 0 bridgehead atoms. The fourth-order valence-electron chi connectivity index (χ4n) is 7.58. The first-order valence-electron chi connectivity index (χ1n) is 11.9. The third kappa shape index (κ3) is 1.85. The highest BCUT2D eigenvalue weighted by Crippen LogP contribution is 2.64. The third-order valence-corrected chi connectivity index (χ3v) is 8.66. The molecule has 148 valence electrons. The number of fused-ring (bicyclic) bond motifs is 14. The monoisotopic (exact) mass is 396 g/mol. The van der Waals surface area contributed by atoms with Crippen LogP contribution in [0.1, 0.15) is 59.1 Å². The zero-order chi connectivity index (χ0) is 20.2. The van der Waals surface area contributed by atoms with Crippen LogP contribution < -0.4 is 0 Å². The largest absolute Gasteiger partial charge is 0.0619 e. The second-order valence-corrected chi connectivity index (χ2v) is 9.96. The van der Waals surface area contributed by atoms with Crippen molar-refractivity contribution in [3.8, 4) is 33.4 Å². The molecule has 1 fully saturated rings. The van der Waals surface area contributed by atoms with Crippen molar-refractivity contribution >= 4 is 0 Å². The molecule has 4 aromatic rings. The summed E-state index contributed by atoms with van der Waals surface area (Å²) in [5.41, 5.74) is 19.0. The van der Waals surface area contributed by atoms with Gasteiger partial charge >= 0.3 is 0 Å². The number of rotatable bonds is 0. The highest BCUT2D eigenvalue weighted by molar-refractivity contribution is 6.02. The maximum absolute atomic E-state index is 2.45. The minimum atomic E-state index is 0.220. The molecular weight excluding hydrogens is 372 g/mol. The molecule has 31 heavy (non-hydrogen) atoms. The van der Waals surface area contributed by atoms with E-state index < -0.39 is 0 Å². The SMILES string of the molecule is c1ccc2c(c1)Cc1c-2c2c(c3c1-c1ccccc1C31CCCC1)-c1ccccc1C2. The van der Waals surface area contributed by atoms with Gasteiger partial charge in [-0.2, -0.15) is 0 Å². The number of hydrogen-bond acceptors (Lipinski definition) is 0. The zero-order valence-corrected chi connectivity index (χ0v) is 17.7.